The summed E-state index contributed by atoms with van der Waals surface area (Å²) in [5, 5.41) is 34.9. The Labute approximate surface area is 134 Å². The van der Waals surface area contributed by atoms with Crippen molar-refractivity contribution >= 4 is 24.7 Å². The number of alkyl halides is 2. The first kappa shape index (κ1) is 16.1. The molecule has 3 rings (SSSR count). The number of aromatic nitrogens is 4. The molecule has 11 heteroatoms. The molecule has 0 unspecified atom stereocenters. The summed E-state index contributed by atoms with van der Waals surface area (Å²) in [5.74, 6) is -4.13. The van der Waals surface area contributed by atoms with Gasteiger partial charge in [0, 0.05) is 17.1 Å². The van der Waals surface area contributed by atoms with E-state index in [0.29, 0.717) is 14.9 Å². The molecule has 0 saturated carbocycles. The molecule has 0 aliphatic carbocycles. The Morgan fingerprint density at radius 2 is 1.96 bits per heavy atom. The number of carbonyl (C=O) groups is 1. The molecular weight excluding hydrogens is 325 g/mol. The number of hydrogen-bond donors (Lipinski definition) is 3. The normalized spacial score (nSPS) is 12.2. The Morgan fingerprint density at radius 1 is 1.25 bits per heavy atom. The Kier molecular flexibility index (Phi) is 3.61. The third kappa shape index (κ3) is 2.63. The highest BCUT2D eigenvalue weighted by Gasteiger charge is 2.22. The molecule has 2 heterocycles. The molecule has 0 atom stereocenters. The van der Waals surface area contributed by atoms with Gasteiger partial charge in [-0.15, -0.1) is 0 Å². The summed E-state index contributed by atoms with van der Waals surface area (Å²) >= 11 is 0. The van der Waals surface area contributed by atoms with Crippen molar-refractivity contribution in [2.45, 2.75) is 12.4 Å². The van der Waals surface area contributed by atoms with Gasteiger partial charge in [-0.1, -0.05) is 6.07 Å². The molecule has 0 amide bonds. The quantitative estimate of drug-likeness (QED) is 0.478. The molecule has 0 fully saturated rings. The molecule has 1 aromatic carbocycles. The van der Waals surface area contributed by atoms with E-state index in [2.05, 4.69) is 10.2 Å². The van der Waals surface area contributed by atoms with E-state index in [9.17, 15) is 23.8 Å². The fourth-order valence-electron chi connectivity index (χ4n) is 2.26. The minimum absolute atomic E-state index is 0.0449. The van der Waals surface area contributed by atoms with Crippen LogP contribution in [0.25, 0.3) is 22.2 Å². The van der Waals surface area contributed by atoms with Gasteiger partial charge in [-0.3, -0.25) is 0 Å². The highest BCUT2D eigenvalue weighted by Crippen LogP contribution is 2.28. The summed E-state index contributed by atoms with van der Waals surface area (Å²) in [7, 11) is 5.07. The summed E-state index contributed by atoms with van der Waals surface area (Å²) in [6, 6.07) is 5.44. The number of nitrogens with zero attached hydrogens (tertiary/aromatic N) is 4. The lowest BCUT2D eigenvalue weighted by molar-refractivity contribution is -0.160. The van der Waals surface area contributed by atoms with Crippen LogP contribution < -0.4 is 0 Å². The van der Waals surface area contributed by atoms with Crippen molar-refractivity contribution in [3.63, 3.8) is 0 Å². The standard InChI is InChI=1S/C13H9BF2N4O4/c14-13(23,24)19-4-3-8(17-19)6-1-2-7-9(5-6)20(12(15)16)18-10(7)11(21)22/h1-5,12,23-24H,(H,21,22). The fraction of sp³-hybridized carbons (Fsp3) is 0.154. The number of rotatable bonds is 4. The van der Waals surface area contributed by atoms with E-state index in [-0.39, 0.29) is 16.6 Å². The van der Waals surface area contributed by atoms with Crippen LogP contribution in [0.1, 0.15) is 17.0 Å². The van der Waals surface area contributed by atoms with Crippen LogP contribution in [-0.2, 0) is 5.81 Å². The van der Waals surface area contributed by atoms with Crippen molar-refractivity contribution in [1.82, 2.24) is 19.6 Å². The number of aromatic carboxylic acids is 1. The zero-order chi connectivity index (χ0) is 17.6. The minimum atomic E-state index is -3.03. The largest absolute Gasteiger partial charge is 0.476 e. The predicted octanol–water partition coefficient (Wildman–Crippen LogP) is 0.714. The number of carboxylic acids is 1. The third-order valence-corrected chi connectivity index (χ3v) is 3.32. The number of fused-ring (bicyclic) bond motifs is 1. The average molecular weight is 334 g/mol. The number of halogens is 2. The van der Waals surface area contributed by atoms with Crippen LogP contribution in [0, 0.1) is 0 Å². The number of aliphatic hydroxyl groups is 2. The van der Waals surface area contributed by atoms with E-state index < -0.39 is 24.0 Å². The highest BCUT2D eigenvalue weighted by atomic mass is 19.3. The third-order valence-electron chi connectivity index (χ3n) is 3.32. The van der Waals surface area contributed by atoms with Crippen molar-refractivity contribution in [1.29, 1.82) is 0 Å². The molecule has 0 saturated heterocycles. The number of benzene rings is 1. The van der Waals surface area contributed by atoms with Crippen LogP contribution >= 0.6 is 0 Å². The Bertz CT molecular complexity index is 932. The summed E-state index contributed by atoms with van der Waals surface area (Å²) in [5.41, 5.74) is -0.0338. The lowest BCUT2D eigenvalue weighted by Gasteiger charge is -2.16. The van der Waals surface area contributed by atoms with Crippen LogP contribution in [0.3, 0.4) is 0 Å². The van der Waals surface area contributed by atoms with Crippen LogP contribution in [0.15, 0.2) is 30.5 Å². The maximum atomic E-state index is 13.1. The second kappa shape index (κ2) is 5.39. The molecule has 2 aromatic heterocycles. The van der Waals surface area contributed by atoms with Gasteiger partial charge in [-0.25, -0.2) is 14.2 Å². The smallest absolute Gasteiger partial charge is 0.357 e. The van der Waals surface area contributed by atoms with Crippen molar-refractivity contribution in [3.8, 4) is 11.3 Å². The first-order valence-corrected chi connectivity index (χ1v) is 6.52. The van der Waals surface area contributed by atoms with E-state index >= 15 is 0 Å². The van der Waals surface area contributed by atoms with Crippen molar-refractivity contribution in [3.05, 3.63) is 36.2 Å². The number of hydrogen-bond acceptors (Lipinski definition) is 5. The molecule has 0 spiro atoms. The topological polar surface area (TPSA) is 113 Å². The minimum Gasteiger partial charge on any atom is -0.476 e. The van der Waals surface area contributed by atoms with Gasteiger partial charge in [0.25, 0.3) is 0 Å². The zero-order valence-electron chi connectivity index (χ0n) is 11.8. The van der Waals surface area contributed by atoms with Crippen molar-refractivity contribution in [2.24, 2.45) is 0 Å². The average Bonchev–Trinajstić information content (AvgIpc) is 3.11. The van der Waals surface area contributed by atoms with Gasteiger partial charge < -0.3 is 15.3 Å². The summed E-state index contributed by atoms with van der Waals surface area (Å²) in [6.07, 6.45) is 1.19. The summed E-state index contributed by atoms with van der Waals surface area (Å²) in [4.78, 5) is 11.1. The highest BCUT2D eigenvalue weighted by molar-refractivity contribution is 6.11. The summed E-state index contributed by atoms with van der Waals surface area (Å²) < 4.78 is 27.1. The first-order chi connectivity index (χ1) is 11.2. The fourth-order valence-corrected chi connectivity index (χ4v) is 2.26. The lowest BCUT2D eigenvalue weighted by Crippen LogP contribution is -2.33. The van der Waals surface area contributed by atoms with Crippen LogP contribution in [0.2, 0.25) is 0 Å². The predicted molar refractivity (Wildman–Crippen MR) is 77.3 cm³/mol. The van der Waals surface area contributed by atoms with Crippen LogP contribution in [0.4, 0.5) is 8.78 Å². The van der Waals surface area contributed by atoms with Gasteiger partial charge in [0.15, 0.2) is 13.5 Å². The van der Waals surface area contributed by atoms with E-state index in [1.54, 1.807) is 0 Å². The Hall–Kier alpha value is -2.79. The van der Waals surface area contributed by atoms with Crippen molar-refractivity contribution < 1.29 is 28.9 Å². The Morgan fingerprint density at radius 3 is 2.50 bits per heavy atom. The summed E-state index contributed by atoms with van der Waals surface area (Å²) in [6.45, 7) is -3.03. The molecule has 0 aliphatic rings. The number of carboxylic acid groups (broad SMARTS) is 1. The van der Waals surface area contributed by atoms with Crippen LogP contribution in [0.5, 0.6) is 0 Å². The maximum Gasteiger partial charge on any atom is 0.357 e. The van der Waals surface area contributed by atoms with E-state index in [0.717, 1.165) is 0 Å². The van der Waals surface area contributed by atoms with Gasteiger partial charge in [-0.2, -0.15) is 19.0 Å². The van der Waals surface area contributed by atoms with Gasteiger partial charge in [0.1, 0.15) is 0 Å². The van der Waals surface area contributed by atoms with Crippen molar-refractivity contribution in [2.75, 3.05) is 0 Å². The van der Waals surface area contributed by atoms with Gasteiger partial charge in [-0.05, 0) is 18.2 Å². The molecule has 3 N–H and O–H groups in total. The second-order valence-electron chi connectivity index (χ2n) is 4.94. The monoisotopic (exact) mass is 334 g/mol. The van der Waals surface area contributed by atoms with Gasteiger partial charge in [0.05, 0.1) is 11.2 Å². The van der Waals surface area contributed by atoms with E-state index in [1.165, 1.54) is 30.5 Å². The Balaban J connectivity index is 2.16. The maximum absolute atomic E-state index is 13.1. The van der Waals surface area contributed by atoms with Crippen LogP contribution in [-0.4, -0.2) is 48.7 Å². The molecule has 0 aliphatic heterocycles. The first-order valence-electron chi connectivity index (χ1n) is 6.52. The molecule has 0 bridgehead atoms. The zero-order valence-corrected chi connectivity index (χ0v) is 11.8. The van der Waals surface area contributed by atoms with Gasteiger partial charge in [0.2, 0.25) is 5.81 Å². The van der Waals surface area contributed by atoms with E-state index in [1.807, 2.05) is 0 Å². The molecule has 122 valence electrons. The van der Waals surface area contributed by atoms with E-state index in [4.69, 9.17) is 13.0 Å². The molecular formula is C13H9BF2N4O4. The SMILES string of the molecule is [B]C(O)(O)n1ccc(-c2ccc3c(C(=O)O)nn(C(F)F)c3c2)n1. The second-order valence-corrected chi connectivity index (χ2v) is 4.94. The molecule has 8 nitrogen and oxygen atoms in total. The molecule has 3 aromatic rings. The van der Waals surface area contributed by atoms with Gasteiger partial charge >= 0.3 is 12.5 Å². The lowest BCUT2D eigenvalue weighted by atomic mass is 10.1. The molecule has 2 radical (unpaired) electrons. The molecule has 24 heavy (non-hydrogen) atoms.